The molecule has 0 saturated carbocycles. The molecule has 0 spiro atoms. The molecule has 0 unspecified atom stereocenters. The lowest BCUT2D eigenvalue weighted by molar-refractivity contribution is -0.137. The highest BCUT2D eigenvalue weighted by Crippen LogP contribution is 2.21. The summed E-state index contributed by atoms with van der Waals surface area (Å²) in [5.74, 6) is -0.475. The van der Waals surface area contributed by atoms with Crippen LogP contribution in [0, 0.1) is 0 Å². The van der Waals surface area contributed by atoms with Crippen LogP contribution in [0.4, 0.5) is 0 Å². The lowest BCUT2D eigenvalue weighted by Gasteiger charge is -2.05. The van der Waals surface area contributed by atoms with Gasteiger partial charge in [0.25, 0.3) is 0 Å². The van der Waals surface area contributed by atoms with Crippen molar-refractivity contribution in [3.8, 4) is 5.75 Å². The van der Waals surface area contributed by atoms with E-state index < -0.39 is 5.97 Å². The summed E-state index contributed by atoms with van der Waals surface area (Å²) in [7, 11) is 0. The van der Waals surface area contributed by atoms with E-state index in [4.69, 9.17) is 21.4 Å². The highest BCUT2D eigenvalue weighted by atomic mass is 35.5. The number of hydrogen-bond acceptors (Lipinski definition) is 3. The Kier molecular flexibility index (Phi) is 4.12. The maximum Gasteiger partial charge on any atom is 0.306 e. The molecular weight excluding hydrogens is 220 g/mol. The lowest BCUT2D eigenvalue weighted by Crippen LogP contribution is -2.04. The van der Waals surface area contributed by atoms with Crippen LogP contribution in [-0.2, 0) is 4.79 Å². The summed E-state index contributed by atoms with van der Waals surface area (Å²) in [5.41, 5.74) is 0.377. The number of rotatable bonds is 5. The van der Waals surface area contributed by atoms with Crippen LogP contribution < -0.4 is 4.74 Å². The first-order valence-corrected chi connectivity index (χ1v) is 4.60. The summed E-state index contributed by atoms with van der Waals surface area (Å²) in [4.78, 5) is 20.6. The van der Waals surface area contributed by atoms with E-state index in [1.807, 2.05) is 0 Å². The number of aldehydes is 1. The van der Waals surface area contributed by atoms with E-state index in [-0.39, 0.29) is 18.1 Å². The summed E-state index contributed by atoms with van der Waals surface area (Å²) < 4.78 is 5.12. The number of ether oxygens (including phenoxy) is 1. The zero-order chi connectivity index (χ0) is 11.3. The van der Waals surface area contributed by atoms with Crippen molar-refractivity contribution in [1.82, 2.24) is 0 Å². The van der Waals surface area contributed by atoms with Crippen LogP contribution in [0.5, 0.6) is 5.75 Å². The number of aliphatic carboxylic acids is 1. The fourth-order valence-electron chi connectivity index (χ4n) is 0.949. The SMILES string of the molecule is O=Cc1ccc(OCCC(=O)O)cc1Cl. The molecule has 1 N–H and O–H groups in total. The van der Waals surface area contributed by atoms with E-state index >= 15 is 0 Å². The van der Waals surface area contributed by atoms with Crippen LogP contribution in [0.3, 0.4) is 0 Å². The summed E-state index contributed by atoms with van der Waals surface area (Å²) in [6.07, 6.45) is 0.566. The van der Waals surface area contributed by atoms with Gasteiger partial charge in [-0.2, -0.15) is 0 Å². The van der Waals surface area contributed by atoms with Crippen LogP contribution in [-0.4, -0.2) is 24.0 Å². The molecule has 0 bridgehead atoms. The molecule has 0 fully saturated rings. The number of hydrogen-bond donors (Lipinski definition) is 1. The largest absolute Gasteiger partial charge is 0.493 e. The minimum Gasteiger partial charge on any atom is -0.493 e. The smallest absolute Gasteiger partial charge is 0.306 e. The zero-order valence-electron chi connectivity index (χ0n) is 7.77. The Hall–Kier alpha value is -1.55. The average Bonchev–Trinajstić information content (AvgIpc) is 2.17. The minimum absolute atomic E-state index is 0.0755. The molecule has 0 radical (unpaired) electrons. The van der Waals surface area contributed by atoms with Crippen molar-refractivity contribution in [2.75, 3.05) is 6.61 Å². The lowest BCUT2D eigenvalue weighted by atomic mass is 10.2. The van der Waals surface area contributed by atoms with Gasteiger partial charge >= 0.3 is 5.97 Å². The molecule has 0 aromatic heterocycles. The molecule has 0 amide bonds. The van der Waals surface area contributed by atoms with Gasteiger partial charge in [0.1, 0.15) is 5.75 Å². The zero-order valence-corrected chi connectivity index (χ0v) is 8.53. The van der Waals surface area contributed by atoms with Crippen molar-refractivity contribution in [3.05, 3.63) is 28.8 Å². The van der Waals surface area contributed by atoms with Gasteiger partial charge in [0.15, 0.2) is 6.29 Å². The average molecular weight is 229 g/mol. The Morgan fingerprint density at radius 2 is 2.27 bits per heavy atom. The molecule has 0 saturated heterocycles. The van der Waals surface area contributed by atoms with Gasteiger partial charge < -0.3 is 9.84 Å². The number of benzene rings is 1. The maximum absolute atomic E-state index is 10.4. The van der Waals surface area contributed by atoms with Gasteiger partial charge in [0.05, 0.1) is 18.1 Å². The summed E-state index contributed by atoms with van der Waals surface area (Å²) in [6.45, 7) is 0.0755. The Morgan fingerprint density at radius 3 is 2.80 bits per heavy atom. The Morgan fingerprint density at radius 1 is 1.53 bits per heavy atom. The van der Waals surface area contributed by atoms with Crippen molar-refractivity contribution >= 4 is 23.9 Å². The van der Waals surface area contributed by atoms with Crippen LogP contribution in [0.25, 0.3) is 0 Å². The summed E-state index contributed by atoms with van der Waals surface area (Å²) >= 11 is 5.74. The van der Waals surface area contributed by atoms with Gasteiger partial charge in [0, 0.05) is 5.56 Å². The van der Waals surface area contributed by atoms with E-state index in [2.05, 4.69) is 0 Å². The van der Waals surface area contributed by atoms with E-state index in [0.29, 0.717) is 17.6 Å². The second kappa shape index (κ2) is 5.36. The van der Waals surface area contributed by atoms with Crippen molar-refractivity contribution in [3.63, 3.8) is 0 Å². The third-order valence-electron chi connectivity index (χ3n) is 1.68. The molecule has 80 valence electrons. The minimum atomic E-state index is -0.925. The van der Waals surface area contributed by atoms with Crippen LogP contribution in [0.15, 0.2) is 18.2 Å². The van der Waals surface area contributed by atoms with E-state index in [1.54, 1.807) is 6.07 Å². The standard InChI is InChI=1S/C10H9ClO4/c11-9-5-8(2-1-7(9)6-12)15-4-3-10(13)14/h1-2,5-6H,3-4H2,(H,13,14). The third-order valence-corrected chi connectivity index (χ3v) is 2.01. The molecule has 4 nitrogen and oxygen atoms in total. The molecule has 1 aromatic carbocycles. The van der Waals surface area contributed by atoms with Gasteiger partial charge in [-0.1, -0.05) is 11.6 Å². The topological polar surface area (TPSA) is 63.6 Å². The first-order chi connectivity index (χ1) is 7.13. The molecular formula is C10H9ClO4. The predicted octanol–water partition coefficient (Wildman–Crippen LogP) is 2.01. The quantitative estimate of drug-likeness (QED) is 0.783. The molecule has 1 aromatic rings. The molecule has 0 aliphatic carbocycles. The number of carboxylic acids is 1. The molecule has 0 aliphatic rings. The maximum atomic E-state index is 10.4. The molecule has 5 heteroatoms. The molecule has 15 heavy (non-hydrogen) atoms. The van der Waals surface area contributed by atoms with Gasteiger partial charge in [-0.25, -0.2) is 0 Å². The Bertz CT molecular complexity index is 376. The first kappa shape index (κ1) is 11.5. The van der Waals surface area contributed by atoms with Crippen molar-refractivity contribution < 1.29 is 19.4 Å². The van der Waals surface area contributed by atoms with Crippen LogP contribution in [0.1, 0.15) is 16.8 Å². The molecule has 0 atom stereocenters. The van der Waals surface area contributed by atoms with Crippen LogP contribution >= 0.6 is 11.6 Å². The molecule has 0 heterocycles. The number of halogens is 1. The molecule has 0 aliphatic heterocycles. The Labute approximate surface area is 91.4 Å². The van der Waals surface area contributed by atoms with Gasteiger partial charge in [-0.3, -0.25) is 9.59 Å². The normalized spacial score (nSPS) is 9.67. The van der Waals surface area contributed by atoms with Crippen LogP contribution in [0.2, 0.25) is 5.02 Å². The second-order valence-corrected chi connectivity index (χ2v) is 3.20. The van der Waals surface area contributed by atoms with E-state index in [9.17, 15) is 9.59 Å². The summed E-state index contributed by atoms with van der Waals surface area (Å²) in [5, 5.41) is 8.67. The Balaban J connectivity index is 2.59. The highest BCUT2D eigenvalue weighted by molar-refractivity contribution is 6.33. The highest BCUT2D eigenvalue weighted by Gasteiger charge is 2.02. The number of carbonyl (C=O) groups excluding carboxylic acids is 1. The predicted molar refractivity (Wildman–Crippen MR) is 54.6 cm³/mol. The fraction of sp³-hybridized carbons (Fsp3) is 0.200. The van der Waals surface area contributed by atoms with Crippen molar-refractivity contribution in [1.29, 1.82) is 0 Å². The van der Waals surface area contributed by atoms with Gasteiger partial charge in [0.2, 0.25) is 0 Å². The van der Waals surface area contributed by atoms with Crippen molar-refractivity contribution in [2.24, 2.45) is 0 Å². The van der Waals surface area contributed by atoms with E-state index in [0.717, 1.165) is 0 Å². The second-order valence-electron chi connectivity index (χ2n) is 2.79. The van der Waals surface area contributed by atoms with E-state index in [1.165, 1.54) is 12.1 Å². The number of carbonyl (C=O) groups is 2. The first-order valence-electron chi connectivity index (χ1n) is 4.23. The third kappa shape index (κ3) is 3.59. The van der Waals surface area contributed by atoms with Gasteiger partial charge in [-0.05, 0) is 18.2 Å². The van der Waals surface area contributed by atoms with Crippen molar-refractivity contribution in [2.45, 2.75) is 6.42 Å². The van der Waals surface area contributed by atoms with Gasteiger partial charge in [-0.15, -0.1) is 0 Å². The number of carboxylic acid groups (broad SMARTS) is 1. The molecule has 1 rings (SSSR count). The monoisotopic (exact) mass is 228 g/mol. The summed E-state index contributed by atoms with van der Waals surface area (Å²) in [6, 6.07) is 4.57. The fourth-order valence-corrected chi connectivity index (χ4v) is 1.16.